The number of carbonyl (C=O) groups is 2. The molecule has 0 spiro atoms. The summed E-state index contributed by atoms with van der Waals surface area (Å²) in [4.78, 5) is 26.2. The highest BCUT2D eigenvalue weighted by molar-refractivity contribution is 9.10. The second-order valence-electron chi connectivity index (χ2n) is 5.19. The largest absolute Gasteiger partial charge is 0.293 e. The van der Waals surface area contributed by atoms with Gasteiger partial charge in [0.05, 0.1) is 11.4 Å². The number of rotatable bonds is 4. The van der Waals surface area contributed by atoms with Gasteiger partial charge >= 0.3 is 0 Å². The Hall–Kier alpha value is -2.11. The predicted molar refractivity (Wildman–Crippen MR) is 101 cm³/mol. The first-order valence-electron chi connectivity index (χ1n) is 7.35. The monoisotopic (exact) mass is 399 g/mol. The van der Waals surface area contributed by atoms with E-state index < -0.39 is 0 Å². The van der Waals surface area contributed by atoms with Crippen LogP contribution in [0.5, 0.6) is 0 Å². The van der Waals surface area contributed by atoms with Gasteiger partial charge in [0.1, 0.15) is 0 Å². The third kappa shape index (κ3) is 4.04. The molecule has 0 unspecified atom stereocenters. The molecule has 0 atom stereocenters. The third-order valence-corrected chi connectivity index (χ3v) is 4.86. The van der Waals surface area contributed by atoms with Crippen LogP contribution in [-0.4, -0.2) is 16.0 Å². The van der Waals surface area contributed by atoms with Crippen molar-refractivity contribution in [1.82, 2.24) is 4.90 Å². The summed E-state index contributed by atoms with van der Waals surface area (Å²) in [6, 6.07) is 17.4. The van der Waals surface area contributed by atoms with Crippen molar-refractivity contribution in [3.63, 3.8) is 0 Å². The maximum Gasteiger partial charge on any atom is 0.293 e. The van der Waals surface area contributed by atoms with Gasteiger partial charge in [-0.25, -0.2) is 0 Å². The summed E-state index contributed by atoms with van der Waals surface area (Å²) in [6.45, 7) is 0.282. The number of carbonyl (C=O) groups excluding carboxylic acids is 2. The molecule has 0 bridgehead atoms. The average molecular weight is 400 g/mol. The van der Waals surface area contributed by atoms with Crippen LogP contribution < -0.4 is 0 Å². The number of imide groups is 1. The molecule has 0 aliphatic carbocycles. The highest BCUT2D eigenvalue weighted by atomic mass is 79.9. The van der Waals surface area contributed by atoms with Crippen molar-refractivity contribution in [2.75, 3.05) is 0 Å². The minimum absolute atomic E-state index is 0.237. The van der Waals surface area contributed by atoms with E-state index in [1.807, 2.05) is 60.7 Å². The van der Waals surface area contributed by atoms with Crippen LogP contribution in [0.3, 0.4) is 0 Å². The molecule has 2 aromatic rings. The molecule has 2 aromatic carbocycles. The Morgan fingerprint density at radius 1 is 1.04 bits per heavy atom. The normalized spacial score (nSPS) is 16.5. The molecular weight excluding hydrogens is 386 g/mol. The topological polar surface area (TPSA) is 37.4 Å². The number of hydrogen-bond donors (Lipinski definition) is 0. The van der Waals surface area contributed by atoms with Crippen LogP contribution in [0.4, 0.5) is 4.79 Å². The predicted octanol–water partition coefficient (Wildman–Crippen LogP) is 5.24. The van der Waals surface area contributed by atoms with Gasteiger partial charge in [0.15, 0.2) is 0 Å². The molecule has 0 radical (unpaired) electrons. The lowest BCUT2D eigenvalue weighted by Gasteiger charge is -2.12. The number of halogens is 1. The third-order valence-electron chi connectivity index (χ3n) is 3.44. The smallest absolute Gasteiger partial charge is 0.268 e. The molecule has 0 aromatic heterocycles. The Bertz CT molecular complexity index is 830. The van der Waals surface area contributed by atoms with E-state index in [0.717, 1.165) is 27.4 Å². The minimum Gasteiger partial charge on any atom is -0.268 e. The Balaban J connectivity index is 1.72. The lowest BCUT2D eigenvalue weighted by atomic mass is 10.2. The molecule has 3 nitrogen and oxygen atoms in total. The van der Waals surface area contributed by atoms with Gasteiger partial charge in [-0.05, 0) is 41.1 Å². The SMILES string of the molecule is O=C1S/C(=C/C=C\c2ccccc2)C(=O)N1Cc1cccc(Br)c1. The van der Waals surface area contributed by atoms with Crippen LogP contribution in [0.25, 0.3) is 6.08 Å². The van der Waals surface area contributed by atoms with Crippen molar-refractivity contribution in [1.29, 1.82) is 0 Å². The van der Waals surface area contributed by atoms with Gasteiger partial charge < -0.3 is 0 Å². The van der Waals surface area contributed by atoms with Crippen molar-refractivity contribution >= 4 is 44.9 Å². The van der Waals surface area contributed by atoms with Crippen molar-refractivity contribution in [3.05, 3.63) is 87.3 Å². The number of thioether (sulfide) groups is 1. The summed E-state index contributed by atoms with van der Waals surface area (Å²) in [6.07, 6.45) is 5.40. The van der Waals surface area contributed by atoms with Crippen molar-refractivity contribution in [2.45, 2.75) is 6.54 Å². The standard InChI is InChI=1S/C19H14BrNO2S/c20-16-10-4-9-15(12-16)13-21-18(22)17(24-19(21)23)11-5-8-14-6-2-1-3-7-14/h1-12H,13H2/b8-5-,17-11+. The quantitative estimate of drug-likeness (QED) is 0.659. The Morgan fingerprint density at radius 3 is 2.58 bits per heavy atom. The lowest BCUT2D eigenvalue weighted by molar-refractivity contribution is -0.123. The van der Waals surface area contributed by atoms with Gasteiger partial charge in [-0.3, -0.25) is 14.5 Å². The molecule has 1 heterocycles. The summed E-state index contributed by atoms with van der Waals surface area (Å²) in [5.74, 6) is -0.248. The average Bonchev–Trinajstić information content (AvgIpc) is 2.84. The Morgan fingerprint density at radius 2 is 1.83 bits per heavy atom. The van der Waals surface area contributed by atoms with E-state index in [0.29, 0.717) is 4.91 Å². The molecular formula is C19H14BrNO2S. The molecule has 1 fully saturated rings. The van der Waals surface area contributed by atoms with Gasteiger partial charge in [-0.1, -0.05) is 70.5 Å². The zero-order valence-corrected chi connectivity index (χ0v) is 15.1. The molecule has 5 heteroatoms. The molecule has 3 rings (SSSR count). The fourth-order valence-electron chi connectivity index (χ4n) is 2.28. The van der Waals surface area contributed by atoms with Gasteiger partial charge in [-0.2, -0.15) is 0 Å². The van der Waals surface area contributed by atoms with E-state index in [2.05, 4.69) is 15.9 Å². The maximum atomic E-state index is 12.4. The van der Waals surface area contributed by atoms with Gasteiger partial charge in [0, 0.05) is 4.47 Å². The summed E-state index contributed by atoms with van der Waals surface area (Å²) >= 11 is 4.37. The summed E-state index contributed by atoms with van der Waals surface area (Å²) in [5, 5.41) is -0.237. The van der Waals surface area contributed by atoms with Crippen molar-refractivity contribution < 1.29 is 9.59 Å². The van der Waals surface area contributed by atoms with Crippen LogP contribution in [0.1, 0.15) is 11.1 Å². The summed E-state index contributed by atoms with van der Waals surface area (Å²) in [7, 11) is 0. The molecule has 1 aliphatic heterocycles. The van der Waals surface area contributed by atoms with E-state index in [9.17, 15) is 9.59 Å². The van der Waals surface area contributed by atoms with Crippen LogP contribution in [0.2, 0.25) is 0 Å². The molecule has 1 aliphatic rings. The molecule has 1 saturated heterocycles. The van der Waals surface area contributed by atoms with E-state index in [-0.39, 0.29) is 17.7 Å². The number of hydrogen-bond acceptors (Lipinski definition) is 3. The van der Waals surface area contributed by atoms with E-state index in [4.69, 9.17) is 0 Å². The Labute approximate surface area is 153 Å². The number of amides is 2. The Kier molecular flexibility index (Phi) is 5.33. The van der Waals surface area contributed by atoms with Gasteiger partial charge in [-0.15, -0.1) is 0 Å². The summed E-state index contributed by atoms with van der Waals surface area (Å²) < 4.78 is 0.924. The fraction of sp³-hybridized carbons (Fsp3) is 0.0526. The molecule has 24 heavy (non-hydrogen) atoms. The molecule has 0 N–H and O–H groups in total. The lowest BCUT2D eigenvalue weighted by Crippen LogP contribution is -2.27. The van der Waals surface area contributed by atoms with Crippen molar-refractivity contribution in [2.24, 2.45) is 0 Å². The molecule has 2 amide bonds. The number of nitrogens with zero attached hydrogens (tertiary/aromatic N) is 1. The van der Waals surface area contributed by atoms with E-state index >= 15 is 0 Å². The molecule has 0 saturated carbocycles. The zero-order chi connectivity index (χ0) is 16.9. The van der Waals surface area contributed by atoms with Gasteiger partial charge in [0.25, 0.3) is 11.1 Å². The number of benzene rings is 2. The first-order valence-corrected chi connectivity index (χ1v) is 8.96. The fourth-order valence-corrected chi connectivity index (χ4v) is 3.52. The highest BCUT2D eigenvalue weighted by Gasteiger charge is 2.34. The van der Waals surface area contributed by atoms with E-state index in [1.165, 1.54) is 4.90 Å². The maximum absolute atomic E-state index is 12.4. The highest BCUT2D eigenvalue weighted by Crippen LogP contribution is 2.32. The molecule has 120 valence electrons. The van der Waals surface area contributed by atoms with Crippen LogP contribution in [0, 0.1) is 0 Å². The van der Waals surface area contributed by atoms with Crippen LogP contribution in [0.15, 0.2) is 76.1 Å². The second-order valence-corrected chi connectivity index (χ2v) is 7.10. The number of allylic oxidation sites excluding steroid dienone is 2. The minimum atomic E-state index is -0.248. The summed E-state index contributed by atoms with van der Waals surface area (Å²) in [5.41, 5.74) is 1.95. The zero-order valence-electron chi connectivity index (χ0n) is 12.7. The van der Waals surface area contributed by atoms with Crippen molar-refractivity contribution in [3.8, 4) is 0 Å². The van der Waals surface area contributed by atoms with Crippen LogP contribution >= 0.6 is 27.7 Å². The first-order chi connectivity index (χ1) is 11.6. The van der Waals surface area contributed by atoms with E-state index in [1.54, 1.807) is 12.2 Å². The van der Waals surface area contributed by atoms with Gasteiger partial charge in [0.2, 0.25) is 0 Å². The second kappa shape index (κ2) is 7.64. The first kappa shape index (κ1) is 16.7. The van der Waals surface area contributed by atoms with Crippen LogP contribution in [-0.2, 0) is 11.3 Å².